The number of hydrogen-bond donors (Lipinski definition) is 2. The third-order valence-corrected chi connectivity index (χ3v) is 3.56. The molecule has 0 bridgehead atoms. The number of pyridine rings is 1. The second-order valence-corrected chi connectivity index (χ2v) is 5.28. The van der Waals surface area contributed by atoms with Crippen LogP contribution in [0.4, 0.5) is 5.95 Å². The van der Waals surface area contributed by atoms with Gasteiger partial charge in [-0.25, -0.2) is 14.8 Å². The van der Waals surface area contributed by atoms with Gasteiger partial charge in [0.1, 0.15) is 0 Å². The lowest BCUT2D eigenvalue weighted by Gasteiger charge is -2.31. The monoisotopic (exact) mass is 335 g/mol. The normalized spacial score (nSPS) is 17.4. The van der Waals surface area contributed by atoms with Crippen molar-refractivity contribution in [3.8, 4) is 11.4 Å². The summed E-state index contributed by atoms with van der Waals surface area (Å²) in [7, 11) is 0. The third-order valence-electron chi connectivity index (χ3n) is 3.56. The minimum Gasteiger partial charge on any atom is -0.478 e. The summed E-state index contributed by atoms with van der Waals surface area (Å²) in [6.45, 7) is 4.69. The fourth-order valence-electron chi connectivity index (χ4n) is 2.46. The first kappa shape index (κ1) is 17.1. The lowest BCUT2D eigenvalue weighted by Crippen LogP contribution is -2.49. The summed E-state index contributed by atoms with van der Waals surface area (Å²) in [6.07, 6.45) is 3.16. The van der Waals surface area contributed by atoms with Crippen LogP contribution in [0, 0.1) is 0 Å². The van der Waals surface area contributed by atoms with Crippen molar-refractivity contribution in [3.05, 3.63) is 36.2 Å². The van der Waals surface area contributed by atoms with Crippen LogP contribution in [-0.4, -0.2) is 51.7 Å². The quantitative estimate of drug-likeness (QED) is 0.877. The van der Waals surface area contributed by atoms with Crippen LogP contribution in [0.25, 0.3) is 11.4 Å². The van der Waals surface area contributed by atoms with Gasteiger partial charge in [-0.15, -0.1) is 12.4 Å². The van der Waals surface area contributed by atoms with E-state index in [2.05, 4.69) is 32.1 Å². The predicted molar refractivity (Wildman–Crippen MR) is 89.1 cm³/mol. The van der Waals surface area contributed by atoms with E-state index in [1.807, 2.05) is 0 Å². The summed E-state index contributed by atoms with van der Waals surface area (Å²) in [4.78, 5) is 26.2. The number of anilines is 1. The van der Waals surface area contributed by atoms with E-state index in [0.29, 0.717) is 23.4 Å². The molecule has 1 aliphatic rings. The number of carboxylic acids is 1. The van der Waals surface area contributed by atoms with E-state index in [4.69, 9.17) is 5.11 Å². The Morgan fingerprint density at radius 3 is 2.83 bits per heavy atom. The maximum absolute atomic E-state index is 11.1. The van der Waals surface area contributed by atoms with E-state index in [1.165, 1.54) is 18.3 Å². The Kier molecular flexibility index (Phi) is 5.46. The molecule has 0 radical (unpaired) electrons. The molecule has 0 spiro atoms. The van der Waals surface area contributed by atoms with Crippen molar-refractivity contribution < 1.29 is 9.90 Å². The smallest absolute Gasteiger partial charge is 0.335 e. The zero-order chi connectivity index (χ0) is 15.5. The summed E-state index contributed by atoms with van der Waals surface area (Å²) < 4.78 is 0. The van der Waals surface area contributed by atoms with Gasteiger partial charge in [-0.05, 0) is 25.1 Å². The van der Waals surface area contributed by atoms with E-state index in [0.717, 1.165) is 19.6 Å². The molecule has 1 aliphatic heterocycles. The van der Waals surface area contributed by atoms with E-state index in [1.54, 1.807) is 12.3 Å². The van der Waals surface area contributed by atoms with Crippen molar-refractivity contribution >= 4 is 24.3 Å². The average Bonchev–Trinajstić information content (AvgIpc) is 2.55. The van der Waals surface area contributed by atoms with Crippen molar-refractivity contribution in [2.75, 3.05) is 24.5 Å². The van der Waals surface area contributed by atoms with Gasteiger partial charge in [0.25, 0.3) is 0 Å². The number of hydrogen-bond acceptors (Lipinski definition) is 6. The molecule has 1 saturated heterocycles. The molecule has 1 atom stereocenters. The van der Waals surface area contributed by atoms with Gasteiger partial charge < -0.3 is 15.3 Å². The van der Waals surface area contributed by atoms with Gasteiger partial charge in [-0.1, -0.05) is 0 Å². The van der Waals surface area contributed by atoms with Crippen LogP contribution in [0.5, 0.6) is 0 Å². The van der Waals surface area contributed by atoms with E-state index in [9.17, 15) is 4.79 Å². The lowest BCUT2D eigenvalue weighted by molar-refractivity contribution is 0.0697. The van der Waals surface area contributed by atoms with Crippen LogP contribution in [0.2, 0.25) is 0 Å². The molecule has 3 rings (SSSR count). The molecule has 2 aromatic rings. The topological polar surface area (TPSA) is 91.2 Å². The number of aromatic nitrogens is 3. The molecule has 3 heterocycles. The first-order valence-electron chi connectivity index (χ1n) is 7.14. The second kappa shape index (κ2) is 7.34. The first-order chi connectivity index (χ1) is 10.6. The Hall–Kier alpha value is -2.25. The van der Waals surface area contributed by atoms with Crippen molar-refractivity contribution in [1.82, 2.24) is 20.3 Å². The molecule has 8 heteroatoms. The van der Waals surface area contributed by atoms with E-state index in [-0.39, 0.29) is 18.0 Å². The van der Waals surface area contributed by atoms with Crippen LogP contribution in [0.15, 0.2) is 30.6 Å². The van der Waals surface area contributed by atoms with Crippen molar-refractivity contribution in [1.29, 1.82) is 0 Å². The Balaban J connectivity index is 0.00000192. The minimum atomic E-state index is -0.978. The van der Waals surface area contributed by atoms with Gasteiger partial charge in [0, 0.05) is 38.1 Å². The summed E-state index contributed by atoms with van der Waals surface area (Å²) >= 11 is 0. The Bertz CT molecular complexity index is 697. The van der Waals surface area contributed by atoms with Gasteiger partial charge in [0.05, 0.1) is 17.0 Å². The van der Waals surface area contributed by atoms with Crippen molar-refractivity contribution in [3.63, 3.8) is 0 Å². The van der Waals surface area contributed by atoms with Gasteiger partial charge in [0.2, 0.25) is 5.95 Å². The van der Waals surface area contributed by atoms with E-state index < -0.39 is 5.97 Å². The maximum Gasteiger partial charge on any atom is 0.335 e. The number of piperazine rings is 1. The second-order valence-electron chi connectivity index (χ2n) is 5.28. The number of nitrogens with zero attached hydrogens (tertiary/aromatic N) is 4. The molecule has 0 unspecified atom stereocenters. The minimum absolute atomic E-state index is 0. The van der Waals surface area contributed by atoms with E-state index >= 15 is 0 Å². The van der Waals surface area contributed by atoms with Gasteiger partial charge in [-0.3, -0.25) is 4.98 Å². The summed E-state index contributed by atoms with van der Waals surface area (Å²) in [5.74, 6) is -0.331. The molecule has 2 N–H and O–H groups in total. The number of aromatic carboxylic acids is 1. The fourth-order valence-corrected chi connectivity index (χ4v) is 2.46. The van der Waals surface area contributed by atoms with Crippen LogP contribution in [0.1, 0.15) is 17.3 Å². The molecule has 122 valence electrons. The predicted octanol–water partition coefficient (Wildman–Crippen LogP) is 1.46. The zero-order valence-corrected chi connectivity index (χ0v) is 13.5. The van der Waals surface area contributed by atoms with Crippen LogP contribution in [-0.2, 0) is 0 Å². The summed E-state index contributed by atoms with van der Waals surface area (Å²) in [5.41, 5.74) is 1.35. The maximum atomic E-state index is 11.1. The molecule has 7 nitrogen and oxygen atoms in total. The van der Waals surface area contributed by atoms with Crippen LogP contribution < -0.4 is 10.2 Å². The molecular weight excluding hydrogens is 318 g/mol. The Morgan fingerprint density at radius 1 is 1.30 bits per heavy atom. The van der Waals surface area contributed by atoms with Gasteiger partial charge in [-0.2, -0.15) is 0 Å². The Morgan fingerprint density at radius 2 is 2.09 bits per heavy atom. The van der Waals surface area contributed by atoms with Crippen LogP contribution >= 0.6 is 12.4 Å². The highest BCUT2D eigenvalue weighted by Gasteiger charge is 2.18. The third kappa shape index (κ3) is 3.94. The van der Waals surface area contributed by atoms with Gasteiger partial charge >= 0.3 is 5.97 Å². The molecule has 0 saturated carbocycles. The summed E-state index contributed by atoms with van der Waals surface area (Å²) in [6, 6.07) is 5.11. The van der Waals surface area contributed by atoms with Crippen molar-refractivity contribution in [2.24, 2.45) is 0 Å². The van der Waals surface area contributed by atoms with Crippen LogP contribution in [0.3, 0.4) is 0 Å². The molecule has 0 aromatic carbocycles. The largest absolute Gasteiger partial charge is 0.478 e. The zero-order valence-electron chi connectivity index (χ0n) is 12.6. The standard InChI is InChI=1S/C15H17N5O2.ClH/c1-10-9-20(7-6-16-10)15-18-5-3-12(19-15)13-8-11(14(21)22)2-4-17-13;/h2-5,8,10,16H,6-7,9H2,1H3,(H,21,22);1H/t10-;/m1./s1. The highest BCUT2D eigenvalue weighted by Crippen LogP contribution is 2.18. The highest BCUT2D eigenvalue weighted by atomic mass is 35.5. The fraction of sp³-hybridized carbons (Fsp3) is 0.333. The number of nitrogens with one attached hydrogen (secondary N) is 1. The lowest BCUT2D eigenvalue weighted by atomic mass is 10.2. The molecular formula is C15H18ClN5O2. The number of halogens is 1. The number of carbonyl (C=O) groups is 1. The highest BCUT2D eigenvalue weighted by molar-refractivity contribution is 5.88. The molecule has 0 aliphatic carbocycles. The summed E-state index contributed by atoms with van der Waals surface area (Å²) in [5, 5.41) is 12.4. The number of rotatable bonds is 3. The van der Waals surface area contributed by atoms with Crippen molar-refractivity contribution in [2.45, 2.75) is 13.0 Å². The molecule has 2 aromatic heterocycles. The average molecular weight is 336 g/mol. The SMILES string of the molecule is C[C@@H]1CN(c2nccc(-c3cc(C(=O)O)ccn3)n2)CCN1.Cl. The molecule has 0 amide bonds. The molecule has 1 fully saturated rings. The molecule has 23 heavy (non-hydrogen) atoms. The first-order valence-corrected chi connectivity index (χ1v) is 7.14. The Labute approximate surface area is 140 Å². The van der Waals surface area contributed by atoms with Gasteiger partial charge in [0.15, 0.2) is 0 Å². The number of carboxylic acid groups (broad SMARTS) is 1.